The molecular weight excluding hydrogens is 264 g/mol. The maximum absolute atomic E-state index is 12.6. The number of hydrogen-bond acceptors (Lipinski definition) is 3. The summed E-state index contributed by atoms with van der Waals surface area (Å²) in [7, 11) is 1.86. The average molecular weight is 290 g/mol. The summed E-state index contributed by atoms with van der Waals surface area (Å²) in [6.45, 7) is 4.60. The number of carbonyl (C=O) groups is 1. The van der Waals surface area contributed by atoms with Crippen LogP contribution in [0.15, 0.2) is 30.3 Å². The van der Waals surface area contributed by atoms with Gasteiger partial charge >= 0.3 is 0 Å². The molecule has 1 N–H and O–H groups in total. The number of nitrogens with zero attached hydrogens (tertiary/aromatic N) is 2. The lowest BCUT2D eigenvalue weighted by molar-refractivity contribution is -0.136. The molecule has 1 aromatic carbocycles. The largest absolute Gasteiger partial charge is 0.396 e. The fraction of sp³-hybridized carbons (Fsp3) is 0.588. The van der Waals surface area contributed by atoms with Crippen LogP contribution in [0.1, 0.15) is 25.3 Å². The molecule has 0 spiro atoms. The highest BCUT2D eigenvalue weighted by atomic mass is 16.3. The fourth-order valence-corrected chi connectivity index (χ4v) is 3.01. The summed E-state index contributed by atoms with van der Waals surface area (Å²) >= 11 is 0. The van der Waals surface area contributed by atoms with E-state index in [4.69, 9.17) is 0 Å². The molecule has 1 heterocycles. The van der Waals surface area contributed by atoms with Gasteiger partial charge in [-0.25, -0.2) is 0 Å². The molecule has 116 valence electrons. The Hall–Kier alpha value is -1.39. The van der Waals surface area contributed by atoms with Gasteiger partial charge in [-0.3, -0.25) is 9.69 Å². The number of carbonyl (C=O) groups excluding carboxylic acids is 1. The summed E-state index contributed by atoms with van der Waals surface area (Å²) in [5, 5.41) is 9.31. The molecule has 1 fully saturated rings. The lowest BCUT2D eigenvalue weighted by Crippen LogP contribution is -2.49. The quantitative estimate of drug-likeness (QED) is 0.898. The number of amides is 1. The minimum atomic E-state index is -0.118. The Morgan fingerprint density at radius 1 is 1.43 bits per heavy atom. The van der Waals surface area contributed by atoms with Crippen molar-refractivity contribution in [3.8, 4) is 0 Å². The van der Waals surface area contributed by atoms with Crippen LogP contribution >= 0.6 is 0 Å². The molecular formula is C17H26N2O2. The van der Waals surface area contributed by atoms with E-state index in [1.165, 1.54) is 0 Å². The highest BCUT2D eigenvalue weighted by Crippen LogP contribution is 2.19. The maximum atomic E-state index is 12.6. The zero-order valence-electron chi connectivity index (χ0n) is 13.0. The van der Waals surface area contributed by atoms with Crippen LogP contribution in [-0.4, -0.2) is 53.6 Å². The van der Waals surface area contributed by atoms with E-state index in [0.717, 1.165) is 31.5 Å². The number of aliphatic hydroxyl groups excluding tert-OH is 1. The van der Waals surface area contributed by atoms with E-state index in [1.54, 1.807) is 4.90 Å². The number of likely N-dealkylation sites (tertiary alicyclic amines) is 1. The van der Waals surface area contributed by atoms with Gasteiger partial charge in [-0.05, 0) is 37.8 Å². The summed E-state index contributed by atoms with van der Waals surface area (Å²) in [5.41, 5.74) is 1.15. The normalized spacial score (nSPS) is 21.0. The van der Waals surface area contributed by atoms with E-state index >= 15 is 0 Å². The monoisotopic (exact) mass is 290 g/mol. The summed E-state index contributed by atoms with van der Waals surface area (Å²) in [4.78, 5) is 16.6. The van der Waals surface area contributed by atoms with Crippen LogP contribution in [0.3, 0.4) is 0 Å². The van der Waals surface area contributed by atoms with Gasteiger partial charge in [0.05, 0.1) is 6.04 Å². The van der Waals surface area contributed by atoms with E-state index in [-0.39, 0.29) is 18.6 Å². The first kappa shape index (κ1) is 16.0. The van der Waals surface area contributed by atoms with Crippen LogP contribution in [0.25, 0.3) is 0 Å². The van der Waals surface area contributed by atoms with Crippen molar-refractivity contribution >= 4 is 5.91 Å². The molecule has 1 aliphatic rings. The Kier molecular flexibility index (Phi) is 5.76. The molecule has 1 aromatic rings. The lowest BCUT2D eigenvalue weighted by Gasteiger charge is -2.36. The summed E-state index contributed by atoms with van der Waals surface area (Å²) in [5.74, 6) is 0.464. The highest BCUT2D eigenvalue weighted by molar-refractivity contribution is 5.81. The molecule has 2 unspecified atom stereocenters. The van der Waals surface area contributed by atoms with Gasteiger partial charge in [-0.1, -0.05) is 30.3 Å². The third kappa shape index (κ3) is 4.29. The summed E-state index contributed by atoms with van der Waals surface area (Å²) < 4.78 is 0. The second-order valence-electron chi connectivity index (χ2n) is 6.04. The molecule has 4 heteroatoms. The molecule has 0 saturated carbocycles. The molecule has 1 amide bonds. The van der Waals surface area contributed by atoms with Gasteiger partial charge in [0.25, 0.3) is 0 Å². The molecule has 0 aliphatic carbocycles. The minimum absolute atomic E-state index is 0.118. The molecule has 2 rings (SSSR count). The second kappa shape index (κ2) is 7.57. The standard InChI is InChI=1S/C17H26N2O2/c1-14(19-10-6-9-16(12-19)13-20)17(21)18(2)11-15-7-4-3-5-8-15/h3-5,7-8,14,16,20H,6,9-13H2,1-2H3. The van der Waals surface area contributed by atoms with Crippen molar-refractivity contribution in [2.24, 2.45) is 5.92 Å². The van der Waals surface area contributed by atoms with Crippen LogP contribution in [0.2, 0.25) is 0 Å². The van der Waals surface area contributed by atoms with Gasteiger partial charge in [0.15, 0.2) is 0 Å². The number of likely N-dealkylation sites (N-methyl/N-ethyl adjacent to an activating group) is 1. The molecule has 1 aliphatic heterocycles. The number of hydrogen-bond donors (Lipinski definition) is 1. The Balaban J connectivity index is 1.92. The van der Waals surface area contributed by atoms with Crippen LogP contribution in [0, 0.1) is 5.92 Å². The smallest absolute Gasteiger partial charge is 0.239 e. The Morgan fingerprint density at radius 3 is 2.81 bits per heavy atom. The first-order valence-electron chi connectivity index (χ1n) is 7.75. The van der Waals surface area contributed by atoms with E-state index < -0.39 is 0 Å². The van der Waals surface area contributed by atoms with Crippen LogP contribution in [0.4, 0.5) is 0 Å². The Bertz CT molecular complexity index is 449. The summed E-state index contributed by atoms with van der Waals surface area (Å²) in [6, 6.07) is 9.93. The van der Waals surface area contributed by atoms with Gasteiger partial charge in [0.1, 0.15) is 0 Å². The van der Waals surface area contributed by atoms with Gasteiger partial charge in [0, 0.05) is 26.7 Å². The number of piperidine rings is 1. The third-order valence-electron chi connectivity index (χ3n) is 4.35. The van der Waals surface area contributed by atoms with E-state index in [9.17, 15) is 9.90 Å². The Labute approximate surface area is 127 Å². The number of benzene rings is 1. The fourth-order valence-electron chi connectivity index (χ4n) is 3.01. The van der Waals surface area contributed by atoms with Crippen LogP contribution in [-0.2, 0) is 11.3 Å². The summed E-state index contributed by atoms with van der Waals surface area (Å²) in [6.07, 6.45) is 2.12. The highest BCUT2D eigenvalue weighted by Gasteiger charge is 2.28. The van der Waals surface area contributed by atoms with E-state index in [0.29, 0.717) is 12.5 Å². The molecule has 1 saturated heterocycles. The van der Waals surface area contributed by atoms with Crippen LogP contribution < -0.4 is 0 Å². The van der Waals surface area contributed by atoms with Gasteiger partial charge < -0.3 is 10.0 Å². The number of rotatable bonds is 5. The molecule has 2 atom stereocenters. The molecule has 0 radical (unpaired) electrons. The van der Waals surface area contributed by atoms with Crippen molar-refractivity contribution in [1.82, 2.24) is 9.80 Å². The number of aliphatic hydroxyl groups is 1. The molecule has 21 heavy (non-hydrogen) atoms. The zero-order valence-corrected chi connectivity index (χ0v) is 13.0. The SMILES string of the molecule is CC(C(=O)N(C)Cc1ccccc1)N1CCCC(CO)C1. The maximum Gasteiger partial charge on any atom is 0.239 e. The molecule has 0 bridgehead atoms. The first-order chi connectivity index (χ1) is 10.1. The molecule has 0 aromatic heterocycles. The van der Waals surface area contributed by atoms with Gasteiger partial charge in [0.2, 0.25) is 5.91 Å². The minimum Gasteiger partial charge on any atom is -0.396 e. The average Bonchev–Trinajstić information content (AvgIpc) is 2.54. The van der Waals surface area contributed by atoms with Gasteiger partial charge in [-0.15, -0.1) is 0 Å². The van der Waals surface area contributed by atoms with E-state index in [2.05, 4.69) is 4.90 Å². The van der Waals surface area contributed by atoms with Crippen molar-refractivity contribution in [1.29, 1.82) is 0 Å². The van der Waals surface area contributed by atoms with Crippen molar-refractivity contribution in [2.75, 3.05) is 26.7 Å². The van der Waals surface area contributed by atoms with E-state index in [1.807, 2.05) is 44.3 Å². The topological polar surface area (TPSA) is 43.8 Å². The van der Waals surface area contributed by atoms with Crippen molar-refractivity contribution in [3.63, 3.8) is 0 Å². The van der Waals surface area contributed by atoms with Gasteiger partial charge in [-0.2, -0.15) is 0 Å². The second-order valence-corrected chi connectivity index (χ2v) is 6.04. The predicted molar refractivity (Wildman–Crippen MR) is 83.8 cm³/mol. The van der Waals surface area contributed by atoms with Crippen LogP contribution in [0.5, 0.6) is 0 Å². The third-order valence-corrected chi connectivity index (χ3v) is 4.35. The zero-order chi connectivity index (χ0) is 15.2. The van der Waals surface area contributed by atoms with Crippen molar-refractivity contribution < 1.29 is 9.90 Å². The van der Waals surface area contributed by atoms with Crippen molar-refractivity contribution in [2.45, 2.75) is 32.4 Å². The Morgan fingerprint density at radius 2 is 2.14 bits per heavy atom. The van der Waals surface area contributed by atoms with Crippen molar-refractivity contribution in [3.05, 3.63) is 35.9 Å². The first-order valence-corrected chi connectivity index (χ1v) is 7.75. The predicted octanol–water partition coefficient (Wildman–Crippen LogP) is 1.74. The molecule has 4 nitrogen and oxygen atoms in total. The lowest BCUT2D eigenvalue weighted by atomic mass is 9.97.